The molecule has 82 valence electrons. The van der Waals surface area contributed by atoms with Crippen LogP contribution in [-0.4, -0.2) is 15.9 Å². The minimum Gasteiger partial charge on any atom is -0.370 e. The van der Waals surface area contributed by atoms with E-state index < -0.39 is 0 Å². The van der Waals surface area contributed by atoms with E-state index in [1.807, 2.05) is 18.2 Å². The van der Waals surface area contributed by atoms with Crippen molar-refractivity contribution in [1.29, 1.82) is 0 Å². The van der Waals surface area contributed by atoms with Gasteiger partial charge in [0, 0.05) is 6.20 Å². The Morgan fingerprint density at radius 1 is 1.31 bits per heavy atom. The third-order valence-electron chi connectivity index (χ3n) is 1.54. The van der Waals surface area contributed by atoms with Gasteiger partial charge < -0.3 is 11.5 Å². The number of hydrogen-bond donors (Lipinski definition) is 2. The minimum absolute atomic E-state index is 0.0173. The molecule has 0 aliphatic heterocycles. The van der Waals surface area contributed by atoms with Gasteiger partial charge in [0.1, 0.15) is 5.03 Å². The Bertz CT molecular complexity index is 490. The number of aromatic nitrogens is 2. The molecule has 5 nitrogen and oxygen atoms in total. The van der Waals surface area contributed by atoms with Crippen LogP contribution in [0.4, 0.5) is 5.13 Å². The topological polar surface area (TPSA) is 90.2 Å². The third-order valence-corrected chi connectivity index (χ3v) is 3.48. The second-order valence-corrected chi connectivity index (χ2v) is 5.10. The zero-order chi connectivity index (χ0) is 11.4. The quantitative estimate of drug-likeness (QED) is 0.638. The van der Waals surface area contributed by atoms with E-state index in [-0.39, 0.29) is 5.96 Å². The Hall–Kier alpha value is -1.60. The van der Waals surface area contributed by atoms with Gasteiger partial charge in [0.2, 0.25) is 5.13 Å². The molecule has 0 unspecified atom stereocenters. The highest BCUT2D eigenvalue weighted by Gasteiger charge is 2.03. The van der Waals surface area contributed by atoms with Crippen molar-refractivity contribution in [2.75, 3.05) is 0 Å². The SMILES string of the molecule is NC(N)=Nc1ncc(Sc2ccccn2)s1. The molecule has 0 radical (unpaired) electrons. The van der Waals surface area contributed by atoms with Gasteiger partial charge in [-0.2, -0.15) is 4.99 Å². The fourth-order valence-electron chi connectivity index (χ4n) is 0.970. The molecule has 0 amide bonds. The van der Waals surface area contributed by atoms with Gasteiger partial charge in [0.15, 0.2) is 5.96 Å². The van der Waals surface area contributed by atoms with Gasteiger partial charge >= 0.3 is 0 Å². The van der Waals surface area contributed by atoms with Crippen molar-refractivity contribution in [3.8, 4) is 0 Å². The lowest BCUT2D eigenvalue weighted by atomic mass is 10.5. The highest BCUT2D eigenvalue weighted by Crippen LogP contribution is 2.33. The maximum Gasteiger partial charge on any atom is 0.213 e. The van der Waals surface area contributed by atoms with Crippen LogP contribution in [0.2, 0.25) is 0 Å². The summed E-state index contributed by atoms with van der Waals surface area (Å²) in [6.45, 7) is 0. The van der Waals surface area contributed by atoms with Crippen LogP contribution in [0, 0.1) is 0 Å². The molecule has 0 fully saturated rings. The van der Waals surface area contributed by atoms with Crippen LogP contribution in [0.3, 0.4) is 0 Å². The monoisotopic (exact) mass is 251 g/mol. The number of rotatable bonds is 3. The number of aliphatic imine (C=N–C) groups is 1. The molecule has 0 aliphatic rings. The molecule has 4 N–H and O–H groups in total. The molecule has 2 rings (SSSR count). The van der Waals surface area contributed by atoms with Gasteiger partial charge in [0.25, 0.3) is 0 Å². The Morgan fingerprint density at radius 2 is 2.19 bits per heavy atom. The Balaban J connectivity index is 2.12. The number of nitrogens with zero attached hydrogens (tertiary/aromatic N) is 3. The van der Waals surface area contributed by atoms with Crippen LogP contribution in [0.15, 0.2) is 44.8 Å². The van der Waals surface area contributed by atoms with E-state index in [4.69, 9.17) is 11.5 Å². The number of nitrogens with two attached hydrogens (primary N) is 2. The third kappa shape index (κ3) is 2.94. The molecule has 7 heteroatoms. The average Bonchev–Trinajstić information content (AvgIpc) is 2.66. The first-order chi connectivity index (χ1) is 7.74. The number of hydrogen-bond acceptors (Lipinski definition) is 5. The Kier molecular flexibility index (Phi) is 3.37. The highest BCUT2D eigenvalue weighted by molar-refractivity contribution is 8.01. The summed E-state index contributed by atoms with van der Waals surface area (Å²) in [5, 5.41) is 1.47. The van der Waals surface area contributed by atoms with Crippen molar-refractivity contribution >= 4 is 34.2 Å². The Morgan fingerprint density at radius 3 is 2.88 bits per heavy atom. The fourth-order valence-corrected chi connectivity index (χ4v) is 2.73. The molecule has 0 saturated carbocycles. The van der Waals surface area contributed by atoms with Gasteiger partial charge in [0.05, 0.1) is 10.4 Å². The van der Waals surface area contributed by atoms with Crippen molar-refractivity contribution in [2.24, 2.45) is 16.5 Å². The largest absolute Gasteiger partial charge is 0.370 e. The van der Waals surface area contributed by atoms with Crippen LogP contribution in [0.1, 0.15) is 0 Å². The van der Waals surface area contributed by atoms with Crippen molar-refractivity contribution in [2.45, 2.75) is 9.24 Å². The number of thiazole rings is 1. The lowest BCUT2D eigenvalue weighted by Crippen LogP contribution is -2.21. The van der Waals surface area contributed by atoms with Crippen LogP contribution in [-0.2, 0) is 0 Å². The average molecular weight is 251 g/mol. The summed E-state index contributed by atoms with van der Waals surface area (Å²) in [5.41, 5.74) is 10.5. The minimum atomic E-state index is 0.0173. The van der Waals surface area contributed by atoms with E-state index in [1.54, 1.807) is 12.4 Å². The first kappa shape index (κ1) is 10.9. The molecular formula is C9H9N5S2. The second-order valence-electron chi connectivity index (χ2n) is 2.77. The molecule has 2 aromatic heterocycles. The smallest absolute Gasteiger partial charge is 0.213 e. The maximum atomic E-state index is 5.26. The lowest BCUT2D eigenvalue weighted by Gasteiger charge is -1.93. The first-order valence-corrected chi connectivity index (χ1v) is 6.02. The normalized spacial score (nSPS) is 10.0. The Labute approximate surface area is 101 Å². The predicted molar refractivity (Wildman–Crippen MR) is 65.9 cm³/mol. The van der Waals surface area contributed by atoms with Crippen molar-refractivity contribution in [3.63, 3.8) is 0 Å². The van der Waals surface area contributed by atoms with Gasteiger partial charge in [-0.15, -0.1) is 0 Å². The second kappa shape index (κ2) is 4.95. The molecular weight excluding hydrogens is 242 g/mol. The van der Waals surface area contributed by atoms with Gasteiger partial charge in [-0.1, -0.05) is 29.2 Å². The summed E-state index contributed by atoms with van der Waals surface area (Å²) in [5.74, 6) is 0.0173. The van der Waals surface area contributed by atoms with E-state index in [0.717, 1.165) is 9.24 Å². The van der Waals surface area contributed by atoms with E-state index in [2.05, 4.69) is 15.0 Å². The van der Waals surface area contributed by atoms with E-state index in [1.165, 1.54) is 23.1 Å². The van der Waals surface area contributed by atoms with Crippen molar-refractivity contribution < 1.29 is 0 Å². The predicted octanol–water partition coefficient (Wildman–Crippen LogP) is 1.59. The van der Waals surface area contributed by atoms with Crippen molar-refractivity contribution in [3.05, 3.63) is 30.6 Å². The molecule has 16 heavy (non-hydrogen) atoms. The molecule has 2 heterocycles. The van der Waals surface area contributed by atoms with Crippen LogP contribution in [0.25, 0.3) is 0 Å². The lowest BCUT2D eigenvalue weighted by molar-refractivity contribution is 1.13. The molecule has 0 atom stereocenters. The summed E-state index contributed by atoms with van der Waals surface area (Å²) in [7, 11) is 0. The molecule has 0 aromatic carbocycles. The fraction of sp³-hybridized carbons (Fsp3) is 0. The summed E-state index contributed by atoms with van der Waals surface area (Å²) >= 11 is 2.95. The number of pyridine rings is 1. The van der Waals surface area contributed by atoms with Crippen LogP contribution in [0.5, 0.6) is 0 Å². The zero-order valence-corrected chi connectivity index (χ0v) is 9.83. The molecule has 0 aliphatic carbocycles. The maximum absolute atomic E-state index is 5.26. The van der Waals surface area contributed by atoms with Crippen LogP contribution < -0.4 is 11.5 Å². The van der Waals surface area contributed by atoms with Crippen molar-refractivity contribution in [1.82, 2.24) is 9.97 Å². The molecule has 0 bridgehead atoms. The molecule has 2 aromatic rings. The number of guanidine groups is 1. The summed E-state index contributed by atoms with van der Waals surface area (Å²) in [6, 6.07) is 5.75. The standard InChI is InChI=1S/C9H9N5S2/c10-8(11)14-9-13-5-7(16-9)15-6-3-1-2-4-12-6/h1-5H,(H4,10,11,13,14). The van der Waals surface area contributed by atoms with E-state index >= 15 is 0 Å². The highest BCUT2D eigenvalue weighted by atomic mass is 32.2. The van der Waals surface area contributed by atoms with E-state index in [0.29, 0.717) is 5.13 Å². The summed E-state index contributed by atoms with van der Waals surface area (Å²) in [4.78, 5) is 12.1. The molecule has 0 saturated heterocycles. The van der Waals surface area contributed by atoms with Gasteiger partial charge in [-0.25, -0.2) is 9.97 Å². The van der Waals surface area contributed by atoms with E-state index in [9.17, 15) is 0 Å². The van der Waals surface area contributed by atoms with Gasteiger partial charge in [-0.05, 0) is 12.1 Å². The van der Waals surface area contributed by atoms with Gasteiger partial charge in [-0.3, -0.25) is 0 Å². The van der Waals surface area contributed by atoms with Crippen LogP contribution >= 0.6 is 23.1 Å². The zero-order valence-electron chi connectivity index (χ0n) is 8.20. The molecule has 0 spiro atoms. The summed E-state index contributed by atoms with van der Waals surface area (Å²) in [6.07, 6.45) is 3.48. The first-order valence-electron chi connectivity index (χ1n) is 4.38. The summed E-state index contributed by atoms with van der Waals surface area (Å²) < 4.78 is 0.999.